The molecule has 1 atom stereocenters. The molecule has 0 bridgehead atoms. The summed E-state index contributed by atoms with van der Waals surface area (Å²) >= 11 is 6.00. The molecule has 2 aromatic carbocycles. The molecule has 0 saturated heterocycles. The monoisotopic (exact) mass is 343 g/mol. The zero-order valence-electron chi connectivity index (χ0n) is 13.5. The Morgan fingerprint density at radius 1 is 1.25 bits per heavy atom. The molecule has 1 heterocycles. The van der Waals surface area contributed by atoms with Crippen molar-refractivity contribution in [3.05, 3.63) is 64.9 Å². The molecule has 0 radical (unpaired) electrons. The Morgan fingerprint density at radius 2 is 2.04 bits per heavy atom. The van der Waals surface area contributed by atoms with E-state index < -0.39 is 0 Å². The van der Waals surface area contributed by atoms with Crippen LogP contribution in [0.4, 0.5) is 0 Å². The first-order valence-corrected chi connectivity index (χ1v) is 8.05. The van der Waals surface area contributed by atoms with Crippen molar-refractivity contribution < 1.29 is 13.9 Å². The third-order valence-electron chi connectivity index (χ3n) is 3.84. The lowest BCUT2D eigenvalue weighted by Crippen LogP contribution is -2.28. The van der Waals surface area contributed by atoms with Gasteiger partial charge < -0.3 is 14.5 Å². The van der Waals surface area contributed by atoms with Crippen molar-refractivity contribution in [3.8, 4) is 5.75 Å². The molecule has 0 aliphatic heterocycles. The summed E-state index contributed by atoms with van der Waals surface area (Å²) in [4.78, 5) is 12.3. The Bertz CT molecular complexity index is 839. The molecule has 24 heavy (non-hydrogen) atoms. The maximum Gasteiger partial charge on any atom is 0.225 e. The minimum Gasteiger partial charge on any atom is -0.496 e. The lowest BCUT2D eigenvalue weighted by Gasteiger charge is -2.13. The summed E-state index contributed by atoms with van der Waals surface area (Å²) in [6.45, 7) is 1.89. The zero-order valence-corrected chi connectivity index (χ0v) is 14.3. The highest BCUT2D eigenvalue weighted by Crippen LogP contribution is 2.25. The van der Waals surface area contributed by atoms with Gasteiger partial charge in [0.25, 0.3) is 0 Å². The van der Waals surface area contributed by atoms with Crippen LogP contribution in [0.3, 0.4) is 0 Å². The number of rotatable bonds is 5. The molecule has 4 nitrogen and oxygen atoms in total. The highest BCUT2D eigenvalue weighted by molar-refractivity contribution is 6.30. The van der Waals surface area contributed by atoms with Gasteiger partial charge in [-0.15, -0.1) is 0 Å². The number of benzene rings is 2. The molecule has 0 unspecified atom stereocenters. The summed E-state index contributed by atoms with van der Waals surface area (Å²) in [5.41, 5.74) is 1.56. The van der Waals surface area contributed by atoms with Crippen molar-refractivity contribution in [2.24, 2.45) is 0 Å². The molecule has 1 N–H and O–H groups in total. The second-order valence-corrected chi connectivity index (χ2v) is 6.05. The number of nitrogens with one attached hydrogen (secondary N) is 1. The summed E-state index contributed by atoms with van der Waals surface area (Å²) in [6.07, 6.45) is 0.189. The fourth-order valence-electron chi connectivity index (χ4n) is 2.64. The fourth-order valence-corrected chi connectivity index (χ4v) is 2.83. The van der Waals surface area contributed by atoms with Crippen LogP contribution in [-0.4, -0.2) is 13.0 Å². The van der Waals surface area contributed by atoms with Crippen molar-refractivity contribution in [1.29, 1.82) is 0 Å². The lowest BCUT2D eigenvalue weighted by molar-refractivity contribution is -0.121. The van der Waals surface area contributed by atoms with E-state index in [2.05, 4.69) is 5.32 Å². The Morgan fingerprint density at radius 3 is 2.79 bits per heavy atom. The molecule has 3 rings (SSSR count). The van der Waals surface area contributed by atoms with Gasteiger partial charge in [0.1, 0.15) is 17.1 Å². The van der Waals surface area contributed by atoms with Gasteiger partial charge in [-0.05, 0) is 37.3 Å². The van der Waals surface area contributed by atoms with Gasteiger partial charge in [-0.2, -0.15) is 0 Å². The van der Waals surface area contributed by atoms with Crippen molar-refractivity contribution in [2.45, 2.75) is 19.4 Å². The van der Waals surface area contributed by atoms with Crippen LogP contribution in [0.25, 0.3) is 11.0 Å². The molecule has 3 aromatic rings. The molecule has 0 aliphatic carbocycles. The quantitative estimate of drug-likeness (QED) is 0.741. The number of ether oxygens (including phenoxy) is 1. The number of halogens is 1. The predicted octanol–water partition coefficient (Wildman–Crippen LogP) is 4.51. The van der Waals surface area contributed by atoms with Gasteiger partial charge in [0.2, 0.25) is 5.91 Å². The van der Waals surface area contributed by atoms with Gasteiger partial charge in [-0.1, -0.05) is 29.8 Å². The van der Waals surface area contributed by atoms with Crippen LogP contribution in [0.2, 0.25) is 5.02 Å². The van der Waals surface area contributed by atoms with Gasteiger partial charge in [0.05, 0.1) is 19.6 Å². The van der Waals surface area contributed by atoms with Gasteiger partial charge in [-0.25, -0.2) is 0 Å². The number of amides is 1. The number of carbonyl (C=O) groups is 1. The average Bonchev–Trinajstić information content (AvgIpc) is 2.99. The summed E-state index contributed by atoms with van der Waals surface area (Å²) in [6, 6.07) is 14.7. The largest absolute Gasteiger partial charge is 0.496 e. The zero-order chi connectivity index (χ0) is 17.1. The lowest BCUT2D eigenvalue weighted by atomic mass is 10.1. The van der Waals surface area contributed by atoms with Gasteiger partial charge in [0.15, 0.2) is 0 Å². The Balaban J connectivity index is 1.71. The van der Waals surface area contributed by atoms with Gasteiger partial charge in [0, 0.05) is 16.0 Å². The maximum absolute atomic E-state index is 12.3. The van der Waals surface area contributed by atoms with E-state index in [0.717, 1.165) is 22.3 Å². The van der Waals surface area contributed by atoms with Gasteiger partial charge >= 0.3 is 0 Å². The molecule has 1 amide bonds. The number of fused-ring (bicyclic) bond motifs is 1. The molecule has 0 saturated carbocycles. The molecule has 124 valence electrons. The maximum atomic E-state index is 12.3. The van der Waals surface area contributed by atoms with Crippen LogP contribution in [-0.2, 0) is 11.2 Å². The highest BCUT2D eigenvalue weighted by atomic mass is 35.5. The average molecular weight is 344 g/mol. The van der Waals surface area contributed by atoms with Crippen molar-refractivity contribution in [1.82, 2.24) is 5.32 Å². The Hall–Kier alpha value is -2.46. The van der Waals surface area contributed by atoms with E-state index in [1.165, 1.54) is 0 Å². The van der Waals surface area contributed by atoms with Gasteiger partial charge in [-0.3, -0.25) is 4.79 Å². The molecule has 0 spiro atoms. The van der Waals surface area contributed by atoms with E-state index in [9.17, 15) is 4.79 Å². The summed E-state index contributed by atoms with van der Waals surface area (Å²) in [5, 5.41) is 4.54. The number of methoxy groups -OCH3 is 1. The minimum absolute atomic E-state index is 0.122. The second kappa shape index (κ2) is 6.97. The molecule has 0 aliphatic rings. The first-order chi connectivity index (χ1) is 11.6. The van der Waals surface area contributed by atoms with E-state index in [4.69, 9.17) is 20.8 Å². The number of hydrogen-bond acceptors (Lipinski definition) is 3. The van der Waals surface area contributed by atoms with Crippen molar-refractivity contribution in [2.75, 3.05) is 7.11 Å². The van der Waals surface area contributed by atoms with Crippen LogP contribution in [0.5, 0.6) is 5.75 Å². The molecule has 5 heteroatoms. The van der Waals surface area contributed by atoms with Crippen molar-refractivity contribution >= 4 is 28.5 Å². The SMILES string of the molecule is COc1ccc(Cl)cc1CC(=O)N[C@@H](C)c1cc2ccccc2o1. The minimum atomic E-state index is -0.227. The van der Waals surface area contributed by atoms with Crippen LogP contribution >= 0.6 is 11.6 Å². The topological polar surface area (TPSA) is 51.5 Å². The van der Waals surface area contributed by atoms with E-state index >= 15 is 0 Å². The standard InChI is InChI=1S/C19H18ClNO3/c1-12(18-10-13-5-3-4-6-17(13)24-18)21-19(22)11-14-9-15(20)7-8-16(14)23-2/h3-10,12H,11H2,1-2H3,(H,21,22)/t12-/m0/s1. The highest BCUT2D eigenvalue weighted by Gasteiger charge is 2.16. The van der Waals surface area contributed by atoms with Crippen LogP contribution in [0.1, 0.15) is 24.3 Å². The van der Waals surface area contributed by atoms with E-state index in [1.807, 2.05) is 37.3 Å². The summed E-state index contributed by atoms with van der Waals surface area (Å²) in [7, 11) is 1.57. The van der Waals surface area contributed by atoms with Crippen LogP contribution in [0.15, 0.2) is 52.9 Å². The van der Waals surface area contributed by atoms with Crippen molar-refractivity contribution in [3.63, 3.8) is 0 Å². The molecule has 0 fully saturated rings. The predicted molar refractivity (Wildman–Crippen MR) is 94.5 cm³/mol. The third-order valence-corrected chi connectivity index (χ3v) is 4.08. The fraction of sp³-hybridized carbons (Fsp3) is 0.211. The van der Waals surface area contributed by atoms with E-state index in [1.54, 1.807) is 25.3 Å². The van der Waals surface area contributed by atoms with E-state index in [-0.39, 0.29) is 18.4 Å². The van der Waals surface area contributed by atoms with E-state index in [0.29, 0.717) is 10.8 Å². The van der Waals surface area contributed by atoms with Crippen LogP contribution < -0.4 is 10.1 Å². The number of furan rings is 1. The number of carbonyl (C=O) groups excluding carboxylic acids is 1. The first-order valence-electron chi connectivity index (χ1n) is 7.67. The smallest absolute Gasteiger partial charge is 0.225 e. The summed E-state index contributed by atoms with van der Waals surface area (Å²) < 4.78 is 11.1. The number of hydrogen-bond donors (Lipinski definition) is 1. The second-order valence-electron chi connectivity index (χ2n) is 5.61. The van der Waals surface area contributed by atoms with Crippen LogP contribution in [0, 0.1) is 0 Å². The number of para-hydroxylation sites is 1. The third kappa shape index (κ3) is 3.54. The molecular formula is C19H18ClNO3. The molecule has 1 aromatic heterocycles. The first kappa shape index (κ1) is 16.4. The summed E-state index contributed by atoms with van der Waals surface area (Å²) in [5.74, 6) is 1.25. The molecular weight excluding hydrogens is 326 g/mol. The Kier molecular flexibility index (Phi) is 4.76. The normalized spacial score (nSPS) is 12.1. The Labute approximate surface area is 145 Å².